The Morgan fingerprint density at radius 1 is 1.21 bits per heavy atom. The van der Waals surface area contributed by atoms with E-state index >= 15 is 0 Å². The SMILES string of the molecule is Cc1cc(C(NC(=O)c2cc3cnn(C(C)C)c3nc2C)C(=O)O)ccc1F. The largest absolute Gasteiger partial charge is 0.479 e. The zero-order valence-corrected chi connectivity index (χ0v) is 16.0. The average Bonchev–Trinajstić information content (AvgIpc) is 3.04. The Morgan fingerprint density at radius 3 is 2.54 bits per heavy atom. The van der Waals surface area contributed by atoms with Crippen LogP contribution in [0.4, 0.5) is 4.39 Å². The molecule has 0 radical (unpaired) electrons. The van der Waals surface area contributed by atoms with Gasteiger partial charge in [-0.1, -0.05) is 12.1 Å². The van der Waals surface area contributed by atoms with Gasteiger partial charge in [0.2, 0.25) is 0 Å². The quantitative estimate of drug-likeness (QED) is 0.703. The molecule has 2 heterocycles. The Morgan fingerprint density at radius 2 is 1.93 bits per heavy atom. The lowest BCUT2D eigenvalue weighted by Gasteiger charge is -2.16. The number of carbonyl (C=O) groups excluding carboxylic acids is 1. The molecule has 1 atom stereocenters. The number of carbonyl (C=O) groups is 2. The predicted octanol–water partition coefficient (Wildman–Crippen LogP) is 3.32. The highest BCUT2D eigenvalue weighted by atomic mass is 19.1. The molecule has 0 aliphatic heterocycles. The molecular formula is C20H21FN4O3. The number of aromatic nitrogens is 3. The number of benzene rings is 1. The minimum atomic E-state index is -1.31. The maximum absolute atomic E-state index is 13.5. The van der Waals surface area contributed by atoms with Crippen LogP contribution >= 0.6 is 0 Å². The van der Waals surface area contributed by atoms with Crippen LogP contribution in [-0.2, 0) is 4.79 Å². The van der Waals surface area contributed by atoms with Gasteiger partial charge in [0.15, 0.2) is 11.7 Å². The van der Waals surface area contributed by atoms with Crippen LogP contribution in [0.5, 0.6) is 0 Å². The van der Waals surface area contributed by atoms with Crippen LogP contribution in [-0.4, -0.2) is 31.7 Å². The van der Waals surface area contributed by atoms with Crippen molar-refractivity contribution in [2.45, 2.75) is 39.8 Å². The molecule has 1 unspecified atom stereocenters. The summed E-state index contributed by atoms with van der Waals surface area (Å²) >= 11 is 0. The normalized spacial score (nSPS) is 12.4. The number of nitrogens with zero attached hydrogens (tertiary/aromatic N) is 3. The molecule has 0 bridgehead atoms. The molecule has 146 valence electrons. The first-order chi connectivity index (χ1) is 13.2. The first-order valence-electron chi connectivity index (χ1n) is 8.83. The average molecular weight is 384 g/mol. The van der Waals surface area contributed by atoms with Crippen LogP contribution in [0.25, 0.3) is 11.0 Å². The highest BCUT2D eigenvalue weighted by Gasteiger charge is 2.25. The molecule has 0 aliphatic carbocycles. The predicted molar refractivity (Wildman–Crippen MR) is 102 cm³/mol. The van der Waals surface area contributed by atoms with Gasteiger partial charge in [-0.25, -0.2) is 18.9 Å². The summed E-state index contributed by atoms with van der Waals surface area (Å²) in [5.41, 5.74) is 1.98. The van der Waals surface area contributed by atoms with Gasteiger partial charge in [-0.2, -0.15) is 5.10 Å². The van der Waals surface area contributed by atoms with Gasteiger partial charge < -0.3 is 10.4 Å². The highest BCUT2D eigenvalue weighted by Crippen LogP contribution is 2.21. The van der Waals surface area contributed by atoms with Crippen LogP contribution in [0.15, 0.2) is 30.5 Å². The Balaban J connectivity index is 1.95. The molecule has 28 heavy (non-hydrogen) atoms. The molecule has 7 nitrogen and oxygen atoms in total. The van der Waals surface area contributed by atoms with Crippen molar-refractivity contribution in [1.29, 1.82) is 0 Å². The maximum Gasteiger partial charge on any atom is 0.330 e. The minimum absolute atomic E-state index is 0.113. The van der Waals surface area contributed by atoms with E-state index in [1.807, 2.05) is 13.8 Å². The van der Waals surface area contributed by atoms with Crippen molar-refractivity contribution in [3.8, 4) is 0 Å². The van der Waals surface area contributed by atoms with Crippen molar-refractivity contribution in [3.63, 3.8) is 0 Å². The molecule has 0 aliphatic rings. The number of aliphatic carboxylic acids is 1. The monoisotopic (exact) mass is 384 g/mol. The molecule has 0 saturated carbocycles. The summed E-state index contributed by atoms with van der Waals surface area (Å²) < 4.78 is 15.3. The number of hydrogen-bond donors (Lipinski definition) is 2. The third-order valence-electron chi connectivity index (χ3n) is 4.53. The molecular weight excluding hydrogens is 363 g/mol. The van der Waals surface area contributed by atoms with E-state index in [1.165, 1.54) is 25.1 Å². The van der Waals surface area contributed by atoms with E-state index in [-0.39, 0.29) is 11.6 Å². The summed E-state index contributed by atoms with van der Waals surface area (Å²) in [7, 11) is 0. The summed E-state index contributed by atoms with van der Waals surface area (Å²) in [6.45, 7) is 7.18. The van der Waals surface area contributed by atoms with Crippen molar-refractivity contribution in [2.75, 3.05) is 0 Å². The van der Waals surface area contributed by atoms with E-state index in [2.05, 4.69) is 15.4 Å². The van der Waals surface area contributed by atoms with E-state index in [0.29, 0.717) is 27.9 Å². The Bertz CT molecular complexity index is 1070. The molecule has 8 heteroatoms. The van der Waals surface area contributed by atoms with E-state index in [0.717, 1.165) is 0 Å². The number of halogens is 1. The second-order valence-corrected chi connectivity index (χ2v) is 6.97. The van der Waals surface area contributed by atoms with Gasteiger partial charge in [-0.3, -0.25) is 4.79 Å². The summed E-state index contributed by atoms with van der Waals surface area (Å²) in [4.78, 5) is 28.9. The van der Waals surface area contributed by atoms with Crippen LogP contribution in [0.3, 0.4) is 0 Å². The van der Waals surface area contributed by atoms with Gasteiger partial charge in [0.25, 0.3) is 5.91 Å². The van der Waals surface area contributed by atoms with E-state index in [1.54, 1.807) is 23.9 Å². The lowest BCUT2D eigenvalue weighted by atomic mass is 10.0. The molecule has 1 aromatic carbocycles. The molecule has 3 rings (SSSR count). The Labute approximate surface area is 161 Å². The molecule has 3 aromatic rings. The topological polar surface area (TPSA) is 97.1 Å². The van der Waals surface area contributed by atoms with Crippen LogP contribution in [0, 0.1) is 19.7 Å². The number of hydrogen-bond acceptors (Lipinski definition) is 4. The van der Waals surface area contributed by atoms with Crippen molar-refractivity contribution >= 4 is 22.9 Å². The third-order valence-corrected chi connectivity index (χ3v) is 4.53. The maximum atomic E-state index is 13.5. The number of carboxylic acid groups (broad SMARTS) is 1. The second-order valence-electron chi connectivity index (χ2n) is 6.97. The number of carboxylic acids is 1. The molecule has 2 N–H and O–H groups in total. The van der Waals surface area contributed by atoms with Gasteiger partial charge in [-0.05, 0) is 51.0 Å². The third kappa shape index (κ3) is 3.58. The molecule has 1 amide bonds. The summed E-state index contributed by atoms with van der Waals surface area (Å²) in [5, 5.41) is 17.0. The smallest absolute Gasteiger partial charge is 0.330 e. The van der Waals surface area contributed by atoms with Crippen LogP contribution < -0.4 is 5.32 Å². The number of nitrogens with one attached hydrogen (secondary N) is 1. The molecule has 2 aromatic heterocycles. The summed E-state index contributed by atoms with van der Waals surface area (Å²) in [6.07, 6.45) is 1.62. The molecule has 0 fully saturated rings. The fraction of sp³-hybridized carbons (Fsp3) is 0.300. The Hall–Kier alpha value is -3.29. The second kappa shape index (κ2) is 7.38. The fourth-order valence-electron chi connectivity index (χ4n) is 3.02. The Kier molecular flexibility index (Phi) is 5.13. The van der Waals surface area contributed by atoms with Crippen LogP contribution in [0.1, 0.15) is 53.1 Å². The van der Waals surface area contributed by atoms with Crippen LogP contribution in [0.2, 0.25) is 0 Å². The minimum Gasteiger partial charge on any atom is -0.479 e. The molecule has 0 saturated heterocycles. The number of aryl methyl sites for hydroxylation is 2. The number of amides is 1. The van der Waals surface area contributed by atoms with Crippen molar-refractivity contribution in [3.05, 3.63) is 58.7 Å². The number of fused-ring (bicyclic) bond motifs is 1. The summed E-state index contributed by atoms with van der Waals surface area (Å²) in [6, 6.07) is 4.40. The number of pyridine rings is 1. The van der Waals surface area contributed by atoms with Gasteiger partial charge in [-0.15, -0.1) is 0 Å². The zero-order valence-electron chi connectivity index (χ0n) is 16.0. The van der Waals surface area contributed by atoms with Crippen molar-refractivity contribution < 1.29 is 19.1 Å². The lowest BCUT2D eigenvalue weighted by molar-refractivity contribution is -0.139. The van der Waals surface area contributed by atoms with Crippen molar-refractivity contribution in [2.24, 2.45) is 0 Å². The standard InChI is InChI=1S/C20H21FN4O3/c1-10(2)25-18-14(9-22-25)8-15(12(4)23-18)19(26)24-17(20(27)28)13-5-6-16(21)11(3)7-13/h5-10,17H,1-4H3,(H,24,26)(H,27,28). The molecule has 0 spiro atoms. The van der Waals surface area contributed by atoms with E-state index in [9.17, 15) is 19.1 Å². The van der Waals surface area contributed by atoms with E-state index < -0.39 is 23.7 Å². The number of rotatable bonds is 5. The summed E-state index contributed by atoms with van der Waals surface area (Å²) in [5.74, 6) is -2.25. The first-order valence-corrected chi connectivity index (χ1v) is 8.83. The van der Waals surface area contributed by atoms with Gasteiger partial charge in [0.05, 0.1) is 17.5 Å². The first kappa shape index (κ1) is 19.5. The lowest BCUT2D eigenvalue weighted by Crippen LogP contribution is -2.34. The van der Waals surface area contributed by atoms with Crippen molar-refractivity contribution in [1.82, 2.24) is 20.1 Å². The highest BCUT2D eigenvalue weighted by molar-refractivity contribution is 6.00. The van der Waals surface area contributed by atoms with Gasteiger partial charge in [0, 0.05) is 11.4 Å². The zero-order chi connectivity index (χ0) is 20.6. The fourth-order valence-corrected chi connectivity index (χ4v) is 3.02. The van der Waals surface area contributed by atoms with Gasteiger partial charge in [0.1, 0.15) is 5.82 Å². The van der Waals surface area contributed by atoms with E-state index in [4.69, 9.17) is 0 Å². The van der Waals surface area contributed by atoms with Gasteiger partial charge >= 0.3 is 5.97 Å².